The van der Waals surface area contributed by atoms with Crippen LogP contribution >= 0.6 is 12.4 Å². The van der Waals surface area contributed by atoms with Crippen LogP contribution in [0.3, 0.4) is 0 Å². The van der Waals surface area contributed by atoms with Gasteiger partial charge >= 0.3 is 0 Å². The minimum Gasteiger partial charge on any atom is -0.428 e. The molecule has 5 nitrogen and oxygen atoms in total. The topological polar surface area (TPSA) is 62.6 Å². The van der Waals surface area contributed by atoms with E-state index in [9.17, 15) is 8.42 Å². The molecule has 0 radical (unpaired) electrons. The largest absolute Gasteiger partial charge is 0.428 e. The van der Waals surface area contributed by atoms with Gasteiger partial charge in [-0.1, -0.05) is 0 Å². The lowest BCUT2D eigenvalue weighted by Gasteiger charge is -2.12. The summed E-state index contributed by atoms with van der Waals surface area (Å²) in [5, 5.41) is 2.78. The van der Waals surface area contributed by atoms with Crippen molar-refractivity contribution in [1.29, 1.82) is 0 Å². The maximum Gasteiger partial charge on any atom is 0.276 e. The summed E-state index contributed by atoms with van der Waals surface area (Å²) >= 11 is 0. The highest BCUT2D eigenvalue weighted by Crippen LogP contribution is 2.24. The molecule has 2 rings (SSSR count). The number of hydrogen-bond donors (Lipinski definition) is 1. The zero-order chi connectivity index (χ0) is 10.9. The molecule has 0 saturated carbocycles. The van der Waals surface area contributed by atoms with Gasteiger partial charge in [0.2, 0.25) is 5.09 Å². The van der Waals surface area contributed by atoms with Crippen LogP contribution in [0.25, 0.3) is 0 Å². The molecular weight excluding hydrogens is 252 g/mol. The molecule has 92 valence electrons. The normalized spacial score (nSPS) is 17.1. The van der Waals surface area contributed by atoms with Crippen LogP contribution in [0.5, 0.6) is 0 Å². The van der Waals surface area contributed by atoms with Gasteiger partial charge in [-0.15, -0.1) is 12.4 Å². The van der Waals surface area contributed by atoms with Crippen LogP contribution < -0.4 is 5.32 Å². The molecule has 0 aliphatic carbocycles. The Bertz CT molecular complexity index is 437. The molecule has 0 amide bonds. The van der Waals surface area contributed by atoms with E-state index in [1.165, 1.54) is 10.4 Å². The van der Waals surface area contributed by atoms with Gasteiger partial charge in [0.25, 0.3) is 10.0 Å². The Morgan fingerprint density at radius 3 is 2.44 bits per heavy atom. The number of sulfonamides is 1. The Morgan fingerprint density at radius 1 is 1.31 bits per heavy atom. The van der Waals surface area contributed by atoms with Gasteiger partial charge in [0.05, 0.1) is 0 Å². The van der Waals surface area contributed by atoms with Crippen molar-refractivity contribution in [2.45, 2.75) is 17.9 Å². The summed E-state index contributed by atoms with van der Waals surface area (Å²) in [5.74, 6) is 0.466. The quantitative estimate of drug-likeness (QED) is 0.901. The van der Waals surface area contributed by atoms with Gasteiger partial charge in [0.1, 0.15) is 0 Å². The molecule has 1 fully saturated rings. The maximum absolute atomic E-state index is 12.0. The number of nitrogens with one attached hydrogen (secondary N) is 1. The van der Waals surface area contributed by atoms with E-state index in [4.69, 9.17) is 4.42 Å². The number of furan rings is 1. The highest BCUT2D eigenvalue weighted by atomic mass is 35.5. The third-order valence-corrected chi connectivity index (χ3v) is 4.26. The molecule has 0 bridgehead atoms. The van der Waals surface area contributed by atoms with E-state index in [-0.39, 0.29) is 17.5 Å². The molecule has 2 heterocycles. The minimum absolute atomic E-state index is 0. The van der Waals surface area contributed by atoms with E-state index in [1.54, 1.807) is 13.1 Å². The number of nitrogens with zero attached hydrogens (tertiary/aromatic N) is 1. The molecule has 0 unspecified atom stereocenters. The number of halogens is 1. The first kappa shape index (κ1) is 13.3. The Labute approximate surface area is 101 Å². The first-order chi connectivity index (χ1) is 7.14. The average Bonchev–Trinajstić information content (AvgIpc) is 2.89. The first-order valence-corrected chi connectivity index (χ1v) is 6.36. The van der Waals surface area contributed by atoms with Crippen LogP contribution in [-0.2, 0) is 10.0 Å². The van der Waals surface area contributed by atoms with Crippen LogP contribution in [-0.4, -0.2) is 32.9 Å². The Morgan fingerprint density at radius 2 is 1.94 bits per heavy atom. The second-order valence-corrected chi connectivity index (χ2v) is 5.35. The Hall–Kier alpha value is -0.720. The number of rotatable bonds is 3. The number of anilines is 1. The van der Waals surface area contributed by atoms with Crippen molar-refractivity contribution in [1.82, 2.24) is 4.31 Å². The fourth-order valence-electron chi connectivity index (χ4n) is 1.65. The molecule has 7 heteroatoms. The van der Waals surface area contributed by atoms with Crippen LogP contribution in [0.4, 0.5) is 5.88 Å². The number of hydrogen-bond acceptors (Lipinski definition) is 4. The van der Waals surface area contributed by atoms with Crippen molar-refractivity contribution in [3.8, 4) is 0 Å². The van der Waals surface area contributed by atoms with E-state index in [0.717, 1.165) is 12.8 Å². The van der Waals surface area contributed by atoms with Crippen molar-refractivity contribution in [2.75, 3.05) is 25.5 Å². The molecule has 0 spiro atoms. The highest BCUT2D eigenvalue weighted by Gasteiger charge is 2.29. The molecule has 1 aromatic heterocycles. The van der Waals surface area contributed by atoms with Gasteiger partial charge < -0.3 is 9.73 Å². The summed E-state index contributed by atoms with van der Waals surface area (Å²) in [6.07, 6.45) is 1.86. The maximum atomic E-state index is 12.0. The van der Waals surface area contributed by atoms with Crippen LogP contribution in [0.1, 0.15) is 12.8 Å². The third kappa shape index (κ3) is 2.34. The lowest BCUT2D eigenvalue weighted by atomic mass is 10.4. The fraction of sp³-hybridized carbons (Fsp3) is 0.556. The molecule has 1 aliphatic rings. The van der Waals surface area contributed by atoms with Crippen molar-refractivity contribution in [3.05, 3.63) is 12.1 Å². The second kappa shape index (κ2) is 5.07. The SMILES string of the molecule is CNc1ccc(S(=O)(=O)N2CCCC2)o1.Cl. The molecule has 16 heavy (non-hydrogen) atoms. The predicted octanol–water partition coefficient (Wildman–Crippen LogP) is 1.53. The van der Waals surface area contributed by atoms with Crippen molar-refractivity contribution >= 4 is 28.3 Å². The van der Waals surface area contributed by atoms with Gasteiger partial charge in [-0.3, -0.25) is 0 Å². The molecule has 1 aromatic rings. The second-order valence-electron chi connectivity index (χ2n) is 3.48. The van der Waals surface area contributed by atoms with E-state index in [1.807, 2.05) is 0 Å². The summed E-state index contributed by atoms with van der Waals surface area (Å²) in [4.78, 5) is 0. The van der Waals surface area contributed by atoms with E-state index in [0.29, 0.717) is 19.0 Å². The lowest BCUT2D eigenvalue weighted by molar-refractivity contribution is 0.418. The monoisotopic (exact) mass is 266 g/mol. The predicted molar refractivity (Wildman–Crippen MR) is 63.5 cm³/mol. The standard InChI is InChI=1S/C9H14N2O3S.ClH/c1-10-8-4-5-9(14-8)15(12,13)11-6-2-3-7-11;/h4-5,10H,2-3,6-7H2,1H3;1H. The third-order valence-electron chi connectivity index (χ3n) is 2.49. The Kier molecular flexibility index (Phi) is 4.23. The summed E-state index contributed by atoms with van der Waals surface area (Å²) in [6, 6.07) is 3.10. The van der Waals surface area contributed by atoms with E-state index < -0.39 is 10.0 Å². The van der Waals surface area contributed by atoms with Crippen LogP contribution in [0, 0.1) is 0 Å². The molecule has 1 aliphatic heterocycles. The zero-order valence-electron chi connectivity index (χ0n) is 8.97. The van der Waals surface area contributed by atoms with Gasteiger partial charge in [0, 0.05) is 26.2 Å². The van der Waals surface area contributed by atoms with Crippen molar-refractivity contribution in [3.63, 3.8) is 0 Å². The van der Waals surface area contributed by atoms with Crippen molar-refractivity contribution in [2.24, 2.45) is 0 Å². The summed E-state index contributed by atoms with van der Waals surface area (Å²) in [6.45, 7) is 1.19. The molecule has 1 saturated heterocycles. The molecule has 0 atom stereocenters. The zero-order valence-corrected chi connectivity index (χ0v) is 10.6. The summed E-state index contributed by atoms with van der Waals surface area (Å²) in [5.41, 5.74) is 0. The fourth-order valence-corrected chi connectivity index (χ4v) is 3.08. The highest BCUT2D eigenvalue weighted by molar-refractivity contribution is 7.89. The van der Waals surface area contributed by atoms with Gasteiger partial charge in [-0.2, -0.15) is 4.31 Å². The minimum atomic E-state index is -3.40. The van der Waals surface area contributed by atoms with Crippen molar-refractivity contribution < 1.29 is 12.8 Å². The molecule has 0 aromatic carbocycles. The smallest absolute Gasteiger partial charge is 0.276 e. The lowest BCUT2D eigenvalue weighted by Crippen LogP contribution is -2.27. The van der Waals surface area contributed by atoms with Crippen LogP contribution in [0.15, 0.2) is 21.6 Å². The molecular formula is C9H15ClN2O3S. The summed E-state index contributed by atoms with van der Waals surface area (Å²) < 4.78 is 30.6. The van der Waals surface area contributed by atoms with E-state index >= 15 is 0 Å². The summed E-state index contributed by atoms with van der Waals surface area (Å²) in [7, 11) is -1.72. The molecule has 1 N–H and O–H groups in total. The van der Waals surface area contributed by atoms with Gasteiger partial charge in [-0.05, 0) is 18.9 Å². The first-order valence-electron chi connectivity index (χ1n) is 4.92. The average molecular weight is 267 g/mol. The van der Waals surface area contributed by atoms with E-state index in [2.05, 4.69) is 5.32 Å². The van der Waals surface area contributed by atoms with Gasteiger partial charge in [-0.25, -0.2) is 8.42 Å². The Balaban J connectivity index is 0.00000128. The van der Waals surface area contributed by atoms with Gasteiger partial charge in [0.15, 0.2) is 5.88 Å². The van der Waals surface area contributed by atoms with Crippen LogP contribution in [0.2, 0.25) is 0 Å².